The Bertz CT molecular complexity index is 1140. The van der Waals surface area contributed by atoms with Crippen molar-refractivity contribution in [2.45, 2.75) is 25.4 Å². The largest absolute Gasteiger partial charge is 0.331 e. The minimum atomic E-state index is -0.00923. The molecule has 0 spiro atoms. The quantitative estimate of drug-likeness (QED) is 0.540. The summed E-state index contributed by atoms with van der Waals surface area (Å²) < 4.78 is 1.94. The van der Waals surface area contributed by atoms with Gasteiger partial charge in [0.05, 0.1) is 30.2 Å². The highest BCUT2D eigenvalue weighted by atomic mass is 16.2. The average molecular weight is 384 g/mol. The topological polar surface area (TPSA) is 76.8 Å². The van der Waals surface area contributed by atoms with Crippen LogP contribution in [0.2, 0.25) is 0 Å². The summed E-state index contributed by atoms with van der Waals surface area (Å²) >= 11 is 0. The van der Waals surface area contributed by atoms with Crippen LogP contribution in [0.15, 0.2) is 67.5 Å². The summed E-state index contributed by atoms with van der Waals surface area (Å²) in [7, 11) is 0. The molecule has 0 saturated carbocycles. The van der Waals surface area contributed by atoms with Crippen molar-refractivity contribution in [2.24, 2.45) is 0 Å². The molecule has 0 aromatic carbocycles. The van der Waals surface area contributed by atoms with E-state index in [1.807, 2.05) is 52.1 Å². The zero-order valence-corrected chi connectivity index (χ0v) is 15.8. The van der Waals surface area contributed by atoms with E-state index >= 15 is 0 Å². The van der Waals surface area contributed by atoms with Gasteiger partial charge < -0.3 is 9.47 Å². The van der Waals surface area contributed by atoms with Crippen molar-refractivity contribution in [3.8, 4) is 0 Å². The Balaban J connectivity index is 1.41. The van der Waals surface area contributed by atoms with E-state index < -0.39 is 0 Å². The lowest BCUT2D eigenvalue weighted by Crippen LogP contribution is -2.30. The molecule has 4 aromatic heterocycles. The number of rotatable bonds is 4. The molecule has 0 bridgehead atoms. The third-order valence-corrected chi connectivity index (χ3v) is 5.34. The number of carbonyl (C=O) groups excluding carboxylic acids is 1. The lowest BCUT2D eigenvalue weighted by Gasteiger charge is -2.24. The molecule has 1 aliphatic rings. The molecule has 0 N–H and O–H groups in total. The summed E-state index contributed by atoms with van der Waals surface area (Å²) in [5.41, 5.74) is 4.04. The van der Waals surface area contributed by atoms with Crippen molar-refractivity contribution in [1.29, 1.82) is 0 Å². The number of amides is 1. The van der Waals surface area contributed by atoms with E-state index in [4.69, 9.17) is 0 Å². The number of fused-ring (bicyclic) bond motifs is 1. The molecule has 1 amide bonds. The SMILES string of the molecule is O=C(c1cnc2c(c1)ncn2Cc1ccccn1)N1CCCC1c1cccnc1. The van der Waals surface area contributed by atoms with Crippen LogP contribution < -0.4 is 0 Å². The summed E-state index contributed by atoms with van der Waals surface area (Å²) in [5, 5.41) is 0. The van der Waals surface area contributed by atoms with Crippen molar-refractivity contribution in [1.82, 2.24) is 29.4 Å². The molecule has 1 aliphatic heterocycles. The van der Waals surface area contributed by atoms with E-state index in [0.29, 0.717) is 17.6 Å². The first-order chi connectivity index (χ1) is 14.3. The van der Waals surface area contributed by atoms with Crippen LogP contribution in [-0.2, 0) is 6.54 Å². The van der Waals surface area contributed by atoms with Crippen molar-refractivity contribution in [3.63, 3.8) is 0 Å². The van der Waals surface area contributed by atoms with Crippen molar-refractivity contribution in [2.75, 3.05) is 6.54 Å². The smallest absolute Gasteiger partial charge is 0.256 e. The summed E-state index contributed by atoms with van der Waals surface area (Å²) in [5.74, 6) is -0.00923. The molecule has 29 heavy (non-hydrogen) atoms. The Kier molecular flexibility index (Phi) is 4.48. The molecule has 0 aliphatic carbocycles. The van der Waals surface area contributed by atoms with Gasteiger partial charge in [0.1, 0.15) is 5.52 Å². The fraction of sp³-hybridized carbons (Fsp3) is 0.227. The molecule has 7 heteroatoms. The third-order valence-electron chi connectivity index (χ3n) is 5.34. The zero-order chi connectivity index (χ0) is 19.6. The second kappa shape index (κ2) is 7.43. The molecule has 5 heterocycles. The molecular formula is C22H20N6O. The third kappa shape index (κ3) is 3.35. The highest BCUT2D eigenvalue weighted by Crippen LogP contribution is 2.32. The Morgan fingerprint density at radius 3 is 2.86 bits per heavy atom. The second-order valence-corrected chi connectivity index (χ2v) is 7.20. The number of hydrogen-bond donors (Lipinski definition) is 0. The molecule has 1 atom stereocenters. The first-order valence-corrected chi connectivity index (χ1v) is 9.71. The van der Waals surface area contributed by atoms with Gasteiger partial charge in [-0.05, 0) is 42.7 Å². The first kappa shape index (κ1) is 17.5. The summed E-state index contributed by atoms with van der Waals surface area (Å²) in [6.07, 6.45) is 10.7. The lowest BCUT2D eigenvalue weighted by molar-refractivity contribution is 0.0735. The van der Waals surface area contributed by atoms with Crippen LogP contribution in [0.4, 0.5) is 0 Å². The number of aromatic nitrogens is 5. The predicted molar refractivity (Wildman–Crippen MR) is 108 cm³/mol. The van der Waals surface area contributed by atoms with Gasteiger partial charge in [-0.15, -0.1) is 0 Å². The lowest BCUT2D eigenvalue weighted by atomic mass is 10.1. The van der Waals surface area contributed by atoms with Gasteiger partial charge in [0.2, 0.25) is 0 Å². The van der Waals surface area contributed by atoms with E-state index in [1.165, 1.54) is 0 Å². The van der Waals surface area contributed by atoms with Gasteiger partial charge in [0, 0.05) is 31.3 Å². The minimum Gasteiger partial charge on any atom is -0.331 e. The Morgan fingerprint density at radius 2 is 2.03 bits per heavy atom. The molecule has 4 aromatic rings. The van der Waals surface area contributed by atoms with Crippen LogP contribution in [0.3, 0.4) is 0 Å². The van der Waals surface area contributed by atoms with Gasteiger partial charge in [-0.3, -0.25) is 14.8 Å². The number of nitrogens with zero attached hydrogens (tertiary/aromatic N) is 6. The summed E-state index contributed by atoms with van der Waals surface area (Å²) in [4.78, 5) is 32.7. The van der Waals surface area contributed by atoms with E-state index in [0.717, 1.165) is 36.3 Å². The molecule has 0 radical (unpaired) electrons. The highest BCUT2D eigenvalue weighted by Gasteiger charge is 2.31. The number of likely N-dealkylation sites (tertiary alicyclic amines) is 1. The van der Waals surface area contributed by atoms with E-state index in [2.05, 4.69) is 19.9 Å². The van der Waals surface area contributed by atoms with Crippen LogP contribution in [0, 0.1) is 0 Å². The Morgan fingerprint density at radius 1 is 1.07 bits per heavy atom. The minimum absolute atomic E-state index is 0.00923. The summed E-state index contributed by atoms with van der Waals surface area (Å²) in [6, 6.07) is 11.7. The van der Waals surface area contributed by atoms with Crippen LogP contribution >= 0.6 is 0 Å². The van der Waals surface area contributed by atoms with Crippen LogP contribution in [-0.4, -0.2) is 41.9 Å². The average Bonchev–Trinajstić information content (AvgIpc) is 3.42. The van der Waals surface area contributed by atoms with Crippen molar-refractivity contribution < 1.29 is 4.79 Å². The molecule has 7 nitrogen and oxygen atoms in total. The maximum Gasteiger partial charge on any atom is 0.256 e. The first-order valence-electron chi connectivity index (χ1n) is 9.71. The number of imidazole rings is 1. The standard InChI is InChI=1S/C22H20N6O/c29-22(28-10-4-7-20(28)16-5-3-8-23-12-16)17-11-19-21(25-13-17)27(15-26-19)14-18-6-1-2-9-24-18/h1-3,5-6,8-9,11-13,15,20H,4,7,10,14H2. The number of hydrogen-bond acceptors (Lipinski definition) is 5. The van der Waals surface area contributed by atoms with Crippen molar-refractivity contribution in [3.05, 3.63) is 84.3 Å². The van der Waals surface area contributed by atoms with Crippen molar-refractivity contribution >= 4 is 17.1 Å². The molecule has 1 unspecified atom stereocenters. The number of carbonyl (C=O) groups is 1. The van der Waals surface area contributed by atoms with Gasteiger partial charge in [-0.2, -0.15) is 0 Å². The second-order valence-electron chi connectivity index (χ2n) is 7.20. The van der Waals surface area contributed by atoms with Gasteiger partial charge in [0.25, 0.3) is 5.91 Å². The normalized spacial score (nSPS) is 16.4. The summed E-state index contributed by atoms with van der Waals surface area (Å²) in [6.45, 7) is 1.33. The highest BCUT2D eigenvalue weighted by molar-refractivity contribution is 5.96. The van der Waals surface area contributed by atoms with E-state index in [1.54, 1.807) is 24.9 Å². The Hall–Kier alpha value is -3.61. The molecule has 5 rings (SSSR count). The molecule has 144 valence electrons. The van der Waals surface area contributed by atoms with Crippen LogP contribution in [0.25, 0.3) is 11.2 Å². The zero-order valence-electron chi connectivity index (χ0n) is 15.8. The predicted octanol–water partition coefficient (Wildman–Crippen LogP) is 3.25. The van der Waals surface area contributed by atoms with E-state index in [9.17, 15) is 4.79 Å². The fourth-order valence-corrected chi connectivity index (χ4v) is 3.94. The van der Waals surface area contributed by atoms with Gasteiger partial charge in [-0.25, -0.2) is 9.97 Å². The van der Waals surface area contributed by atoms with Gasteiger partial charge in [-0.1, -0.05) is 12.1 Å². The molecular weight excluding hydrogens is 364 g/mol. The monoisotopic (exact) mass is 384 g/mol. The fourth-order valence-electron chi connectivity index (χ4n) is 3.94. The Labute approximate surface area is 168 Å². The maximum absolute atomic E-state index is 13.2. The van der Waals surface area contributed by atoms with Crippen LogP contribution in [0.1, 0.15) is 40.5 Å². The van der Waals surface area contributed by atoms with E-state index in [-0.39, 0.29) is 11.9 Å². The molecule has 1 saturated heterocycles. The molecule has 1 fully saturated rings. The maximum atomic E-state index is 13.2. The van der Waals surface area contributed by atoms with Gasteiger partial charge >= 0.3 is 0 Å². The van der Waals surface area contributed by atoms with Crippen LogP contribution in [0.5, 0.6) is 0 Å². The number of pyridine rings is 3. The van der Waals surface area contributed by atoms with Gasteiger partial charge in [0.15, 0.2) is 5.65 Å².